The Balaban J connectivity index is 1.74. The van der Waals surface area contributed by atoms with E-state index in [0.717, 1.165) is 11.6 Å². The van der Waals surface area contributed by atoms with Crippen molar-refractivity contribution in [2.45, 2.75) is 12.3 Å². The van der Waals surface area contributed by atoms with E-state index >= 15 is 0 Å². The Labute approximate surface area is 130 Å². The molecule has 2 rings (SSSR count). The van der Waals surface area contributed by atoms with Crippen LogP contribution in [0.3, 0.4) is 0 Å². The first-order valence-electron chi connectivity index (χ1n) is 6.58. The molecule has 0 saturated heterocycles. The van der Waals surface area contributed by atoms with Gasteiger partial charge in [-0.25, -0.2) is 13.2 Å². The lowest BCUT2D eigenvalue weighted by atomic mass is 10.2. The SMILES string of the molecule is O=C(CSCc1cccc(F)c1F)NCc1ccc(F)cc1. The molecule has 0 spiro atoms. The van der Waals surface area contributed by atoms with E-state index in [2.05, 4.69) is 5.32 Å². The van der Waals surface area contributed by atoms with Gasteiger partial charge in [-0.15, -0.1) is 11.8 Å². The molecule has 2 aromatic rings. The van der Waals surface area contributed by atoms with Crippen molar-refractivity contribution < 1.29 is 18.0 Å². The minimum Gasteiger partial charge on any atom is -0.351 e. The molecule has 0 aromatic heterocycles. The van der Waals surface area contributed by atoms with E-state index in [-0.39, 0.29) is 28.8 Å². The van der Waals surface area contributed by atoms with Crippen LogP contribution in [0.15, 0.2) is 42.5 Å². The number of carbonyl (C=O) groups excluding carboxylic acids is 1. The topological polar surface area (TPSA) is 29.1 Å². The van der Waals surface area contributed by atoms with Gasteiger partial charge < -0.3 is 5.32 Å². The summed E-state index contributed by atoms with van der Waals surface area (Å²) in [6.45, 7) is 0.300. The fourth-order valence-electron chi connectivity index (χ4n) is 1.77. The van der Waals surface area contributed by atoms with Crippen molar-refractivity contribution in [1.29, 1.82) is 0 Å². The quantitative estimate of drug-likeness (QED) is 0.878. The molecule has 0 aliphatic rings. The number of hydrogen-bond acceptors (Lipinski definition) is 2. The van der Waals surface area contributed by atoms with Crippen molar-refractivity contribution in [3.8, 4) is 0 Å². The maximum Gasteiger partial charge on any atom is 0.230 e. The molecule has 2 aromatic carbocycles. The van der Waals surface area contributed by atoms with Crippen molar-refractivity contribution in [3.63, 3.8) is 0 Å². The third-order valence-electron chi connectivity index (χ3n) is 2.93. The molecule has 0 aliphatic carbocycles. The molecular formula is C16H14F3NOS. The maximum atomic E-state index is 13.4. The minimum absolute atomic E-state index is 0.136. The highest BCUT2D eigenvalue weighted by Gasteiger charge is 2.08. The van der Waals surface area contributed by atoms with Crippen LogP contribution in [0.2, 0.25) is 0 Å². The monoisotopic (exact) mass is 325 g/mol. The normalized spacial score (nSPS) is 10.5. The first kappa shape index (κ1) is 16.4. The van der Waals surface area contributed by atoms with Gasteiger partial charge in [-0.2, -0.15) is 0 Å². The summed E-state index contributed by atoms with van der Waals surface area (Å²) >= 11 is 1.20. The summed E-state index contributed by atoms with van der Waals surface area (Å²) in [5.74, 6) is -1.96. The van der Waals surface area contributed by atoms with Gasteiger partial charge in [0.15, 0.2) is 11.6 Å². The summed E-state index contributed by atoms with van der Waals surface area (Å²) in [4.78, 5) is 11.7. The number of nitrogens with one attached hydrogen (secondary N) is 1. The van der Waals surface area contributed by atoms with Gasteiger partial charge in [-0.3, -0.25) is 4.79 Å². The Hall–Kier alpha value is -1.95. The third kappa shape index (κ3) is 4.80. The molecule has 0 radical (unpaired) electrons. The molecular weight excluding hydrogens is 311 g/mol. The van der Waals surface area contributed by atoms with Gasteiger partial charge in [0.1, 0.15) is 5.82 Å². The summed E-state index contributed by atoms with van der Waals surface area (Å²) < 4.78 is 39.1. The van der Waals surface area contributed by atoms with Crippen LogP contribution in [0.5, 0.6) is 0 Å². The summed E-state index contributed by atoms with van der Waals surface area (Å²) in [5.41, 5.74) is 1.02. The van der Waals surface area contributed by atoms with Crippen molar-refractivity contribution in [1.82, 2.24) is 5.32 Å². The summed E-state index contributed by atoms with van der Waals surface area (Å²) in [6.07, 6.45) is 0. The number of halogens is 3. The molecule has 0 bridgehead atoms. The fourth-order valence-corrected chi connectivity index (χ4v) is 2.60. The number of thioether (sulfide) groups is 1. The van der Waals surface area contributed by atoms with E-state index in [0.29, 0.717) is 6.54 Å². The third-order valence-corrected chi connectivity index (χ3v) is 3.91. The van der Waals surface area contributed by atoms with E-state index in [1.54, 1.807) is 12.1 Å². The highest BCUT2D eigenvalue weighted by molar-refractivity contribution is 7.99. The average Bonchev–Trinajstić information content (AvgIpc) is 2.51. The molecule has 0 atom stereocenters. The molecule has 2 nitrogen and oxygen atoms in total. The van der Waals surface area contributed by atoms with Crippen LogP contribution < -0.4 is 5.32 Å². The second-order valence-corrected chi connectivity index (χ2v) is 5.59. The van der Waals surface area contributed by atoms with Crippen LogP contribution in [0.1, 0.15) is 11.1 Å². The first-order valence-corrected chi connectivity index (χ1v) is 7.73. The van der Waals surface area contributed by atoms with Gasteiger partial charge in [0.05, 0.1) is 5.75 Å². The van der Waals surface area contributed by atoms with E-state index < -0.39 is 11.6 Å². The molecule has 0 saturated carbocycles. The van der Waals surface area contributed by atoms with Gasteiger partial charge in [-0.1, -0.05) is 24.3 Å². The predicted octanol–water partition coefficient (Wildman–Crippen LogP) is 3.65. The van der Waals surface area contributed by atoms with E-state index in [1.165, 1.54) is 36.0 Å². The van der Waals surface area contributed by atoms with Crippen LogP contribution >= 0.6 is 11.8 Å². The minimum atomic E-state index is -0.890. The molecule has 116 valence electrons. The Morgan fingerprint density at radius 2 is 1.77 bits per heavy atom. The molecule has 0 heterocycles. The van der Waals surface area contributed by atoms with Crippen LogP contribution in [-0.2, 0) is 17.1 Å². The second kappa shape index (κ2) is 7.89. The van der Waals surface area contributed by atoms with Gasteiger partial charge in [0.25, 0.3) is 0 Å². The number of benzene rings is 2. The van der Waals surface area contributed by atoms with Crippen LogP contribution in [0.25, 0.3) is 0 Å². The van der Waals surface area contributed by atoms with E-state index in [9.17, 15) is 18.0 Å². The lowest BCUT2D eigenvalue weighted by molar-refractivity contribution is -0.118. The lowest BCUT2D eigenvalue weighted by Crippen LogP contribution is -2.24. The Bertz CT molecular complexity index is 646. The Morgan fingerprint density at radius 3 is 2.50 bits per heavy atom. The Kier molecular flexibility index (Phi) is 5.89. The highest BCUT2D eigenvalue weighted by atomic mass is 32.2. The lowest BCUT2D eigenvalue weighted by Gasteiger charge is -2.06. The zero-order valence-electron chi connectivity index (χ0n) is 11.6. The average molecular weight is 325 g/mol. The number of amides is 1. The summed E-state index contributed by atoms with van der Waals surface area (Å²) in [5, 5.41) is 2.68. The van der Waals surface area contributed by atoms with Gasteiger partial charge >= 0.3 is 0 Å². The first-order chi connectivity index (χ1) is 10.6. The summed E-state index contributed by atoms with van der Waals surface area (Å²) in [7, 11) is 0. The van der Waals surface area contributed by atoms with Crippen molar-refractivity contribution in [2.24, 2.45) is 0 Å². The zero-order chi connectivity index (χ0) is 15.9. The molecule has 0 unspecified atom stereocenters. The highest BCUT2D eigenvalue weighted by Crippen LogP contribution is 2.17. The second-order valence-electron chi connectivity index (χ2n) is 4.61. The molecule has 6 heteroatoms. The molecule has 1 N–H and O–H groups in total. The number of rotatable bonds is 6. The van der Waals surface area contributed by atoms with Crippen molar-refractivity contribution in [2.75, 3.05) is 5.75 Å². The molecule has 0 aliphatic heterocycles. The fraction of sp³-hybridized carbons (Fsp3) is 0.188. The molecule has 0 fully saturated rings. The predicted molar refractivity (Wildman–Crippen MR) is 80.8 cm³/mol. The standard InChI is InChI=1S/C16H14F3NOS/c17-13-6-4-11(5-7-13)8-20-15(21)10-22-9-12-2-1-3-14(18)16(12)19/h1-7H,8-10H2,(H,20,21). The maximum absolute atomic E-state index is 13.4. The van der Waals surface area contributed by atoms with E-state index in [4.69, 9.17) is 0 Å². The smallest absolute Gasteiger partial charge is 0.230 e. The largest absolute Gasteiger partial charge is 0.351 e. The van der Waals surface area contributed by atoms with Crippen LogP contribution in [0.4, 0.5) is 13.2 Å². The van der Waals surface area contributed by atoms with Crippen molar-refractivity contribution >= 4 is 17.7 Å². The molecule has 1 amide bonds. The summed E-state index contributed by atoms with van der Waals surface area (Å²) in [6, 6.07) is 9.80. The van der Waals surface area contributed by atoms with Crippen LogP contribution in [0, 0.1) is 17.5 Å². The van der Waals surface area contributed by atoms with E-state index in [1.807, 2.05) is 0 Å². The Morgan fingerprint density at radius 1 is 1.05 bits per heavy atom. The molecule has 22 heavy (non-hydrogen) atoms. The van der Waals surface area contributed by atoms with Gasteiger partial charge in [0, 0.05) is 17.9 Å². The van der Waals surface area contributed by atoms with Gasteiger partial charge in [-0.05, 0) is 23.8 Å². The van der Waals surface area contributed by atoms with Gasteiger partial charge in [0.2, 0.25) is 5.91 Å². The number of carbonyl (C=O) groups is 1. The van der Waals surface area contributed by atoms with Crippen LogP contribution in [-0.4, -0.2) is 11.7 Å². The zero-order valence-corrected chi connectivity index (χ0v) is 12.4. The van der Waals surface area contributed by atoms with Crippen molar-refractivity contribution in [3.05, 3.63) is 71.0 Å². The number of hydrogen-bond donors (Lipinski definition) is 1.